The molecule has 1 aromatic heterocycles. The molecule has 0 aliphatic rings. The number of carbonyl (C=O) groups is 1. The largest absolute Gasteiger partial charge is 0.496 e. The van der Waals surface area contributed by atoms with Crippen molar-refractivity contribution in [3.05, 3.63) is 60.3 Å². The molecule has 0 radical (unpaired) electrons. The molecule has 0 atom stereocenters. The minimum atomic E-state index is 0.616. The molecule has 3 nitrogen and oxygen atoms in total. The number of carbonyl (C=O) groups excluding carboxylic acids is 1. The van der Waals surface area contributed by atoms with Crippen LogP contribution in [0.25, 0.3) is 16.6 Å². The molecule has 0 amide bonds. The normalized spacial score (nSPS) is 10.6. The van der Waals surface area contributed by atoms with Crippen LogP contribution >= 0.6 is 0 Å². The third kappa shape index (κ3) is 1.80. The van der Waals surface area contributed by atoms with E-state index in [9.17, 15) is 4.79 Å². The van der Waals surface area contributed by atoms with Crippen molar-refractivity contribution in [2.45, 2.75) is 0 Å². The summed E-state index contributed by atoms with van der Waals surface area (Å²) in [4.78, 5) is 11.3. The van der Waals surface area contributed by atoms with Gasteiger partial charge < -0.3 is 9.30 Å². The van der Waals surface area contributed by atoms with Crippen LogP contribution in [0.3, 0.4) is 0 Å². The van der Waals surface area contributed by atoms with Crippen molar-refractivity contribution in [2.24, 2.45) is 0 Å². The average molecular weight is 251 g/mol. The second-order valence-corrected chi connectivity index (χ2v) is 4.25. The number of methoxy groups -OCH3 is 1. The van der Waals surface area contributed by atoms with Crippen LogP contribution in [0.15, 0.2) is 54.6 Å². The summed E-state index contributed by atoms with van der Waals surface area (Å²) >= 11 is 0. The first-order chi connectivity index (χ1) is 9.35. The Bertz CT molecular complexity index is 729. The van der Waals surface area contributed by atoms with Gasteiger partial charge in [-0.3, -0.25) is 4.79 Å². The summed E-state index contributed by atoms with van der Waals surface area (Å²) < 4.78 is 7.28. The number of fused-ring (bicyclic) bond motifs is 1. The molecule has 0 N–H and O–H groups in total. The van der Waals surface area contributed by atoms with Crippen LogP contribution in [0.4, 0.5) is 0 Å². The SMILES string of the molecule is COc1cccc2c1cc(C=O)n2-c1ccccc1. The molecule has 3 heteroatoms. The second-order valence-electron chi connectivity index (χ2n) is 4.25. The Hall–Kier alpha value is -2.55. The molecular weight excluding hydrogens is 238 g/mol. The van der Waals surface area contributed by atoms with Gasteiger partial charge in [-0.25, -0.2) is 0 Å². The Morgan fingerprint density at radius 2 is 1.84 bits per heavy atom. The average Bonchev–Trinajstić information content (AvgIpc) is 2.86. The maximum atomic E-state index is 11.3. The van der Waals surface area contributed by atoms with Gasteiger partial charge in [0.15, 0.2) is 6.29 Å². The Labute approximate surface area is 111 Å². The summed E-state index contributed by atoms with van der Waals surface area (Å²) in [7, 11) is 1.63. The number of para-hydroxylation sites is 1. The molecule has 19 heavy (non-hydrogen) atoms. The lowest BCUT2D eigenvalue weighted by Crippen LogP contribution is -1.98. The summed E-state index contributed by atoms with van der Waals surface area (Å²) in [6.07, 6.45) is 0.867. The molecule has 0 saturated carbocycles. The van der Waals surface area contributed by atoms with Crippen molar-refractivity contribution >= 4 is 17.2 Å². The van der Waals surface area contributed by atoms with Gasteiger partial charge in [-0.15, -0.1) is 0 Å². The molecular formula is C16H13NO2. The van der Waals surface area contributed by atoms with E-state index in [1.165, 1.54) is 0 Å². The number of aromatic nitrogens is 1. The van der Waals surface area contributed by atoms with Gasteiger partial charge >= 0.3 is 0 Å². The fourth-order valence-corrected chi connectivity index (χ4v) is 2.35. The highest BCUT2D eigenvalue weighted by atomic mass is 16.5. The van der Waals surface area contributed by atoms with Crippen molar-refractivity contribution in [3.8, 4) is 11.4 Å². The monoisotopic (exact) mass is 251 g/mol. The summed E-state index contributed by atoms with van der Waals surface area (Å²) in [6, 6.07) is 17.5. The van der Waals surface area contributed by atoms with Crippen LogP contribution in [0.2, 0.25) is 0 Å². The van der Waals surface area contributed by atoms with Crippen LogP contribution < -0.4 is 4.74 Å². The van der Waals surface area contributed by atoms with Gasteiger partial charge in [0.2, 0.25) is 0 Å². The molecule has 0 saturated heterocycles. The smallest absolute Gasteiger partial charge is 0.166 e. The van der Waals surface area contributed by atoms with Crippen molar-refractivity contribution in [2.75, 3.05) is 7.11 Å². The standard InChI is InChI=1S/C16H13NO2/c1-19-16-9-5-8-15-14(16)10-13(11-18)17(15)12-6-3-2-4-7-12/h2-11H,1H3. The number of nitrogens with zero attached hydrogens (tertiary/aromatic N) is 1. The molecule has 1 heterocycles. The van der Waals surface area contributed by atoms with E-state index in [-0.39, 0.29) is 0 Å². The van der Waals surface area contributed by atoms with Crippen LogP contribution in [-0.2, 0) is 0 Å². The van der Waals surface area contributed by atoms with Gasteiger partial charge in [0.25, 0.3) is 0 Å². The van der Waals surface area contributed by atoms with E-state index >= 15 is 0 Å². The fraction of sp³-hybridized carbons (Fsp3) is 0.0625. The Morgan fingerprint density at radius 1 is 1.05 bits per heavy atom. The lowest BCUT2D eigenvalue weighted by molar-refractivity contribution is 0.111. The highest BCUT2D eigenvalue weighted by Crippen LogP contribution is 2.30. The van der Waals surface area contributed by atoms with E-state index in [2.05, 4.69) is 0 Å². The van der Waals surface area contributed by atoms with E-state index in [1.54, 1.807) is 7.11 Å². The Balaban J connectivity index is 2.37. The molecule has 2 aromatic carbocycles. The molecule has 0 aliphatic carbocycles. The molecule has 94 valence electrons. The number of rotatable bonds is 3. The maximum absolute atomic E-state index is 11.3. The van der Waals surface area contributed by atoms with Crippen LogP contribution in [0, 0.1) is 0 Å². The van der Waals surface area contributed by atoms with E-state index in [4.69, 9.17) is 4.74 Å². The number of benzene rings is 2. The summed E-state index contributed by atoms with van der Waals surface area (Å²) in [6.45, 7) is 0. The topological polar surface area (TPSA) is 31.2 Å². The highest BCUT2D eigenvalue weighted by molar-refractivity contribution is 5.94. The molecule has 0 bridgehead atoms. The van der Waals surface area contributed by atoms with Gasteiger partial charge in [0.1, 0.15) is 5.75 Å². The minimum absolute atomic E-state index is 0.616. The van der Waals surface area contributed by atoms with Crippen LogP contribution in [0.1, 0.15) is 10.5 Å². The van der Waals surface area contributed by atoms with Crippen LogP contribution in [-0.4, -0.2) is 18.0 Å². The molecule has 3 aromatic rings. The second kappa shape index (κ2) is 4.61. The van der Waals surface area contributed by atoms with Gasteiger partial charge in [-0.05, 0) is 30.3 Å². The van der Waals surface area contributed by atoms with E-state index < -0.39 is 0 Å². The molecule has 0 unspecified atom stereocenters. The first-order valence-corrected chi connectivity index (χ1v) is 6.04. The minimum Gasteiger partial charge on any atom is -0.496 e. The zero-order valence-electron chi connectivity index (χ0n) is 10.5. The third-order valence-corrected chi connectivity index (χ3v) is 3.19. The summed E-state index contributed by atoms with van der Waals surface area (Å²) in [5.74, 6) is 0.773. The highest BCUT2D eigenvalue weighted by Gasteiger charge is 2.12. The zero-order chi connectivity index (χ0) is 13.2. The predicted molar refractivity (Wildman–Crippen MR) is 75.2 cm³/mol. The molecule has 0 spiro atoms. The Kier molecular flexibility index (Phi) is 2.80. The first-order valence-electron chi connectivity index (χ1n) is 6.04. The van der Waals surface area contributed by atoms with Crippen molar-refractivity contribution in [3.63, 3.8) is 0 Å². The van der Waals surface area contributed by atoms with Crippen molar-refractivity contribution in [1.29, 1.82) is 0 Å². The zero-order valence-corrected chi connectivity index (χ0v) is 10.5. The number of hydrogen-bond acceptors (Lipinski definition) is 2. The lowest BCUT2D eigenvalue weighted by Gasteiger charge is -2.08. The number of hydrogen-bond donors (Lipinski definition) is 0. The fourth-order valence-electron chi connectivity index (χ4n) is 2.35. The maximum Gasteiger partial charge on any atom is 0.166 e. The quantitative estimate of drug-likeness (QED) is 0.667. The lowest BCUT2D eigenvalue weighted by atomic mass is 10.2. The van der Waals surface area contributed by atoms with Gasteiger partial charge in [-0.2, -0.15) is 0 Å². The molecule has 0 aliphatic heterocycles. The third-order valence-electron chi connectivity index (χ3n) is 3.19. The van der Waals surface area contributed by atoms with Crippen LogP contribution in [0.5, 0.6) is 5.75 Å². The van der Waals surface area contributed by atoms with Gasteiger partial charge in [-0.1, -0.05) is 24.3 Å². The first kappa shape index (κ1) is 11.5. The van der Waals surface area contributed by atoms with E-state index in [0.717, 1.165) is 28.6 Å². The van der Waals surface area contributed by atoms with E-state index in [0.29, 0.717) is 5.69 Å². The van der Waals surface area contributed by atoms with Gasteiger partial charge in [0, 0.05) is 11.1 Å². The molecule has 0 fully saturated rings. The van der Waals surface area contributed by atoms with Crippen molar-refractivity contribution < 1.29 is 9.53 Å². The number of ether oxygens (including phenoxy) is 1. The predicted octanol–water partition coefficient (Wildman–Crippen LogP) is 3.45. The van der Waals surface area contributed by atoms with Gasteiger partial charge in [0.05, 0.1) is 18.3 Å². The van der Waals surface area contributed by atoms with Crippen molar-refractivity contribution in [1.82, 2.24) is 4.57 Å². The Morgan fingerprint density at radius 3 is 2.53 bits per heavy atom. The molecule has 3 rings (SSSR count). The number of aldehydes is 1. The summed E-state index contributed by atoms with van der Waals surface area (Å²) in [5, 5.41) is 0.941. The summed E-state index contributed by atoms with van der Waals surface area (Å²) in [5.41, 5.74) is 2.55. The van der Waals surface area contributed by atoms with E-state index in [1.807, 2.05) is 59.2 Å².